The molecule has 11 heteroatoms. The van der Waals surface area contributed by atoms with Crippen LogP contribution in [0.15, 0.2) is 53.4 Å². The zero-order valence-electron chi connectivity index (χ0n) is 24.1. The standard InChI is InChI=1S/C30H42N4O6S/c1-21-18-34(22(2)20-35)29(36)17-23-16-25(32-30(37)31-24-10-6-4-7-11-24)14-15-27(23)40-28(21)19-33(3)41(38,39)26-12-8-5-9-13-26/h5,8-9,12-16,21-22,24,28,35H,4,6-7,10-11,17-20H2,1-3H3,(H2,31,32,37)/t21-,22+,28+/m0/s1. The van der Waals surface area contributed by atoms with Crippen LogP contribution in [-0.2, 0) is 21.2 Å². The number of amides is 3. The van der Waals surface area contributed by atoms with Gasteiger partial charge in [0.1, 0.15) is 11.9 Å². The van der Waals surface area contributed by atoms with Gasteiger partial charge in [0.2, 0.25) is 15.9 Å². The summed E-state index contributed by atoms with van der Waals surface area (Å²) in [6.07, 6.45) is 4.75. The fraction of sp³-hybridized carbons (Fsp3) is 0.533. The van der Waals surface area contributed by atoms with Crippen LogP contribution < -0.4 is 15.4 Å². The molecule has 1 heterocycles. The maximum Gasteiger partial charge on any atom is 0.319 e. The fourth-order valence-electron chi connectivity index (χ4n) is 5.45. The molecule has 3 amide bonds. The van der Waals surface area contributed by atoms with E-state index in [1.807, 2.05) is 6.92 Å². The lowest BCUT2D eigenvalue weighted by Gasteiger charge is -2.33. The number of nitrogens with one attached hydrogen (secondary N) is 2. The van der Waals surface area contributed by atoms with Gasteiger partial charge in [0, 0.05) is 36.8 Å². The molecule has 2 aromatic rings. The molecule has 3 atom stereocenters. The zero-order valence-corrected chi connectivity index (χ0v) is 24.9. The van der Waals surface area contributed by atoms with Crippen molar-refractivity contribution in [3.63, 3.8) is 0 Å². The summed E-state index contributed by atoms with van der Waals surface area (Å²) in [6, 6.07) is 12.8. The number of sulfonamides is 1. The van der Waals surface area contributed by atoms with Gasteiger partial charge in [-0.15, -0.1) is 0 Å². The quantitative estimate of drug-likeness (QED) is 0.434. The number of carbonyl (C=O) groups is 2. The molecule has 0 saturated heterocycles. The topological polar surface area (TPSA) is 128 Å². The predicted molar refractivity (Wildman–Crippen MR) is 157 cm³/mol. The van der Waals surface area contributed by atoms with E-state index in [9.17, 15) is 23.1 Å². The smallest absolute Gasteiger partial charge is 0.319 e. The summed E-state index contributed by atoms with van der Waals surface area (Å²) in [5.74, 6) is 0.0156. The largest absolute Gasteiger partial charge is 0.488 e. The first kappa shape index (κ1) is 30.8. The Labute approximate surface area is 243 Å². The van der Waals surface area contributed by atoms with E-state index in [0.717, 1.165) is 25.7 Å². The molecule has 1 aliphatic heterocycles. The Morgan fingerprint density at radius 2 is 1.85 bits per heavy atom. The Morgan fingerprint density at radius 3 is 2.54 bits per heavy atom. The van der Waals surface area contributed by atoms with Crippen molar-refractivity contribution in [3.8, 4) is 5.75 Å². The third-order valence-electron chi connectivity index (χ3n) is 8.00. The molecule has 10 nitrogen and oxygen atoms in total. The van der Waals surface area contributed by atoms with Gasteiger partial charge >= 0.3 is 6.03 Å². The average Bonchev–Trinajstić information content (AvgIpc) is 3.01. The van der Waals surface area contributed by atoms with Crippen molar-refractivity contribution in [1.82, 2.24) is 14.5 Å². The number of fused-ring (bicyclic) bond motifs is 1. The van der Waals surface area contributed by atoms with E-state index in [1.165, 1.54) is 17.8 Å². The Hall–Kier alpha value is -3.15. The van der Waals surface area contributed by atoms with Crippen molar-refractivity contribution < 1.29 is 27.9 Å². The summed E-state index contributed by atoms with van der Waals surface area (Å²) in [7, 11) is -2.25. The van der Waals surface area contributed by atoms with Gasteiger partial charge in [-0.3, -0.25) is 4.79 Å². The zero-order chi connectivity index (χ0) is 29.6. The lowest BCUT2D eigenvalue weighted by molar-refractivity contribution is -0.134. The Balaban J connectivity index is 1.59. The van der Waals surface area contributed by atoms with Gasteiger partial charge in [-0.1, -0.05) is 44.4 Å². The molecular weight excluding hydrogens is 544 g/mol. The van der Waals surface area contributed by atoms with Gasteiger partial charge in [0.25, 0.3) is 0 Å². The first-order valence-electron chi connectivity index (χ1n) is 14.4. The highest BCUT2D eigenvalue weighted by atomic mass is 32.2. The van der Waals surface area contributed by atoms with E-state index in [-0.39, 0.29) is 54.9 Å². The SMILES string of the molecule is C[C@H](CO)N1C[C@H](C)[C@@H](CN(C)S(=O)(=O)c2ccccc2)Oc2ccc(NC(=O)NC3CCCCC3)cc2CC1=O. The maximum atomic E-state index is 13.5. The Bertz CT molecular complexity index is 1300. The molecule has 0 radical (unpaired) electrons. The monoisotopic (exact) mass is 586 g/mol. The molecular formula is C30H42N4O6S. The second kappa shape index (κ2) is 13.7. The van der Waals surface area contributed by atoms with Crippen molar-refractivity contribution in [2.75, 3.05) is 32.1 Å². The number of likely N-dealkylation sites (N-methyl/N-ethyl adjacent to an activating group) is 1. The molecule has 0 spiro atoms. The second-order valence-corrected chi connectivity index (χ2v) is 13.3. The van der Waals surface area contributed by atoms with Crippen LogP contribution in [0, 0.1) is 5.92 Å². The third-order valence-corrected chi connectivity index (χ3v) is 9.84. The number of aliphatic hydroxyl groups is 1. The minimum absolute atomic E-state index is 0.0109. The van der Waals surface area contributed by atoms with Gasteiger partial charge in [-0.05, 0) is 50.1 Å². The predicted octanol–water partition coefficient (Wildman–Crippen LogP) is 3.61. The summed E-state index contributed by atoms with van der Waals surface area (Å²) in [5.41, 5.74) is 1.11. The first-order valence-corrected chi connectivity index (χ1v) is 15.8. The summed E-state index contributed by atoms with van der Waals surface area (Å²) in [5, 5.41) is 15.8. The number of carbonyl (C=O) groups excluding carboxylic acids is 2. The van der Waals surface area contributed by atoms with Crippen LogP contribution >= 0.6 is 0 Å². The molecule has 3 N–H and O–H groups in total. The van der Waals surface area contributed by atoms with Crippen LogP contribution in [0.2, 0.25) is 0 Å². The minimum atomic E-state index is -3.77. The van der Waals surface area contributed by atoms with E-state index >= 15 is 0 Å². The van der Waals surface area contributed by atoms with E-state index < -0.39 is 22.2 Å². The molecule has 1 fully saturated rings. The minimum Gasteiger partial charge on any atom is -0.488 e. The highest BCUT2D eigenvalue weighted by Crippen LogP contribution is 2.30. The first-order chi connectivity index (χ1) is 19.6. The highest BCUT2D eigenvalue weighted by molar-refractivity contribution is 7.89. The lowest BCUT2D eigenvalue weighted by Crippen LogP contribution is -2.48. The van der Waals surface area contributed by atoms with Crippen molar-refractivity contribution >= 4 is 27.6 Å². The summed E-state index contributed by atoms with van der Waals surface area (Å²) in [4.78, 5) is 27.9. The normalized spacial score (nSPS) is 21.2. The molecule has 0 unspecified atom stereocenters. The van der Waals surface area contributed by atoms with Crippen LogP contribution in [0.25, 0.3) is 0 Å². The van der Waals surface area contributed by atoms with E-state index in [2.05, 4.69) is 10.6 Å². The lowest BCUT2D eigenvalue weighted by atomic mass is 9.96. The molecule has 4 rings (SSSR count). The van der Waals surface area contributed by atoms with Gasteiger partial charge < -0.3 is 25.4 Å². The van der Waals surface area contributed by atoms with Crippen LogP contribution in [-0.4, -0.2) is 79.6 Å². The summed E-state index contributed by atoms with van der Waals surface area (Å²) >= 11 is 0. The number of anilines is 1. The maximum absolute atomic E-state index is 13.5. The van der Waals surface area contributed by atoms with E-state index in [4.69, 9.17) is 4.74 Å². The van der Waals surface area contributed by atoms with Crippen LogP contribution in [0.3, 0.4) is 0 Å². The molecule has 224 valence electrons. The average molecular weight is 587 g/mol. The molecule has 1 saturated carbocycles. The molecule has 0 aromatic heterocycles. The number of benzene rings is 2. The molecule has 41 heavy (non-hydrogen) atoms. The van der Waals surface area contributed by atoms with Crippen molar-refractivity contribution in [2.45, 2.75) is 75.5 Å². The third kappa shape index (κ3) is 7.78. The molecule has 0 bridgehead atoms. The van der Waals surface area contributed by atoms with Crippen molar-refractivity contribution in [3.05, 3.63) is 54.1 Å². The van der Waals surface area contributed by atoms with Gasteiger partial charge in [-0.2, -0.15) is 4.31 Å². The number of ether oxygens (including phenoxy) is 1. The van der Waals surface area contributed by atoms with Gasteiger partial charge in [0.05, 0.1) is 30.5 Å². The van der Waals surface area contributed by atoms with Crippen molar-refractivity contribution in [2.24, 2.45) is 5.92 Å². The van der Waals surface area contributed by atoms with Crippen LogP contribution in [0.4, 0.5) is 10.5 Å². The highest BCUT2D eigenvalue weighted by Gasteiger charge is 2.33. The number of aliphatic hydroxyl groups excluding tert-OH is 1. The summed E-state index contributed by atoms with van der Waals surface area (Å²) < 4.78 is 34.3. The number of rotatable bonds is 8. The van der Waals surface area contributed by atoms with Crippen molar-refractivity contribution in [1.29, 1.82) is 0 Å². The van der Waals surface area contributed by atoms with Crippen LogP contribution in [0.5, 0.6) is 5.75 Å². The molecule has 2 aliphatic rings. The number of nitrogens with zero attached hydrogens (tertiary/aromatic N) is 2. The van der Waals surface area contributed by atoms with E-state index in [0.29, 0.717) is 17.0 Å². The molecule has 2 aromatic carbocycles. The number of urea groups is 1. The fourth-order valence-corrected chi connectivity index (χ4v) is 6.65. The Morgan fingerprint density at radius 1 is 1.15 bits per heavy atom. The summed E-state index contributed by atoms with van der Waals surface area (Å²) in [6.45, 7) is 3.82. The number of hydrogen-bond acceptors (Lipinski definition) is 6. The van der Waals surface area contributed by atoms with Gasteiger partial charge in [-0.25, -0.2) is 13.2 Å². The molecule has 1 aliphatic carbocycles. The van der Waals surface area contributed by atoms with Gasteiger partial charge in [0.15, 0.2) is 0 Å². The van der Waals surface area contributed by atoms with Crippen LogP contribution in [0.1, 0.15) is 51.5 Å². The Kier molecular flexibility index (Phi) is 10.3. The second-order valence-electron chi connectivity index (χ2n) is 11.2. The van der Waals surface area contributed by atoms with E-state index in [1.54, 1.807) is 60.4 Å². The number of hydrogen-bond donors (Lipinski definition) is 3.